The van der Waals surface area contributed by atoms with Crippen molar-refractivity contribution in [2.45, 2.75) is 18.9 Å². The minimum absolute atomic E-state index is 0.0213. The Morgan fingerprint density at radius 3 is 2.24 bits per heavy atom. The third-order valence-electron chi connectivity index (χ3n) is 4.71. The van der Waals surface area contributed by atoms with Gasteiger partial charge in [0.2, 0.25) is 5.91 Å². The molecule has 3 rings (SSSR count). The van der Waals surface area contributed by atoms with Crippen LogP contribution < -0.4 is 10.6 Å². The second-order valence-corrected chi connectivity index (χ2v) is 6.68. The van der Waals surface area contributed by atoms with Gasteiger partial charge in [-0.3, -0.25) is 9.59 Å². The van der Waals surface area contributed by atoms with Crippen LogP contribution in [0.2, 0.25) is 0 Å². The van der Waals surface area contributed by atoms with Crippen molar-refractivity contribution in [2.24, 2.45) is 0 Å². The minimum Gasteiger partial charge on any atom is -0.480 e. The standard InChI is InChI=1S/C22H22N2O5/c1-14(21(26)27)24-20(25)11-6-12-23-22(28)29-13-19-17-9-4-2-7-15(17)16-8-3-5-10-18(16)19/h2-11,14,19H,12-13H2,1H3,(H,23,28)(H,24,25)(H,26,27)/b11-6+. The number of fused-ring (bicyclic) bond motifs is 3. The minimum atomic E-state index is -1.12. The van der Waals surface area contributed by atoms with Crippen LogP contribution in [0.4, 0.5) is 4.79 Å². The van der Waals surface area contributed by atoms with E-state index >= 15 is 0 Å². The predicted octanol–water partition coefficient (Wildman–Crippen LogP) is 2.67. The van der Waals surface area contributed by atoms with E-state index in [9.17, 15) is 14.4 Å². The Labute approximate surface area is 168 Å². The number of hydrogen-bond donors (Lipinski definition) is 3. The summed E-state index contributed by atoms with van der Waals surface area (Å²) in [4.78, 5) is 34.2. The van der Waals surface area contributed by atoms with Gasteiger partial charge in [0.15, 0.2) is 0 Å². The highest BCUT2D eigenvalue weighted by atomic mass is 16.5. The molecule has 29 heavy (non-hydrogen) atoms. The molecule has 1 atom stereocenters. The molecule has 0 spiro atoms. The summed E-state index contributed by atoms with van der Waals surface area (Å²) in [5.41, 5.74) is 4.57. The van der Waals surface area contributed by atoms with Gasteiger partial charge >= 0.3 is 12.1 Å². The second-order valence-electron chi connectivity index (χ2n) is 6.68. The fourth-order valence-corrected chi connectivity index (χ4v) is 3.28. The van der Waals surface area contributed by atoms with Crippen LogP contribution in [-0.2, 0) is 14.3 Å². The van der Waals surface area contributed by atoms with Gasteiger partial charge in [-0.05, 0) is 29.2 Å². The van der Waals surface area contributed by atoms with Gasteiger partial charge < -0.3 is 20.5 Å². The summed E-state index contributed by atoms with van der Waals surface area (Å²) < 4.78 is 5.38. The average Bonchev–Trinajstić information content (AvgIpc) is 3.03. The van der Waals surface area contributed by atoms with Crippen LogP contribution in [0.15, 0.2) is 60.7 Å². The molecule has 1 aliphatic rings. The van der Waals surface area contributed by atoms with E-state index < -0.39 is 24.0 Å². The topological polar surface area (TPSA) is 105 Å². The first-order valence-corrected chi connectivity index (χ1v) is 9.26. The smallest absolute Gasteiger partial charge is 0.407 e. The van der Waals surface area contributed by atoms with Crippen LogP contribution in [-0.4, -0.2) is 42.3 Å². The fraction of sp³-hybridized carbons (Fsp3) is 0.227. The van der Waals surface area contributed by atoms with E-state index in [1.165, 1.54) is 19.1 Å². The molecule has 7 nitrogen and oxygen atoms in total. The Morgan fingerprint density at radius 2 is 1.66 bits per heavy atom. The third kappa shape index (κ3) is 4.82. The van der Waals surface area contributed by atoms with Crippen molar-refractivity contribution in [2.75, 3.05) is 13.2 Å². The van der Waals surface area contributed by atoms with Crippen molar-refractivity contribution in [1.82, 2.24) is 10.6 Å². The molecule has 2 amide bonds. The van der Waals surface area contributed by atoms with E-state index in [1.54, 1.807) is 0 Å². The maximum Gasteiger partial charge on any atom is 0.407 e. The summed E-state index contributed by atoms with van der Waals surface area (Å²) in [5.74, 6) is -1.69. The van der Waals surface area contributed by atoms with Gasteiger partial charge in [0.25, 0.3) is 0 Å². The Hall–Kier alpha value is -3.61. The Balaban J connectivity index is 1.50. The highest BCUT2D eigenvalue weighted by molar-refractivity contribution is 5.91. The number of carbonyl (C=O) groups is 3. The lowest BCUT2D eigenvalue weighted by atomic mass is 9.98. The number of nitrogens with one attached hydrogen (secondary N) is 2. The maximum absolute atomic E-state index is 12.0. The van der Waals surface area contributed by atoms with Gasteiger partial charge in [0.1, 0.15) is 12.6 Å². The molecule has 2 aromatic carbocycles. The number of carbonyl (C=O) groups excluding carboxylic acids is 2. The first kappa shape index (κ1) is 20.1. The first-order chi connectivity index (χ1) is 14.0. The number of amides is 2. The van der Waals surface area contributed by atoms with Crippen molar-refractivity contribution in [3.63, 3.8) is 0 Å². The van der Waals surface area contributed by atoms with Gasteiger partial charge in [0.05, 0.1) is 0 Å². The number of benzene rings is 2. The number of aliphatic carboxylic acids is 1. The average molecular weight is 394 g/mol. The van der Waals surface area contributed by atoms with Crippen molar-refractivity contribution >= 4 is 18.0 Å². The van der Waals surface area contributed by atoms with Gasteiger partial charge in [-0.25, -0.2) is 4.79 Å². The summed E-state index contributed by atoms with van der Waals surface area (Å²) in [5, 5.41) is 13.6. The van der Waals surface area contributed by atoms with Crippen LogP contribution in [0.5, 0.6) is 0 Å². The summed E-state index contributed by atoms with van der Waals surface area (Å²) in [6.07, 6.45) is 2.00. The van der Waals surface area contributed by atoms with Crippen LogP contribution in [0.3, 0.4) is 0 Å². The lowest BCUT2D eigenvalue weighted by Gasteiger charge is -2.14. The van der Waals surface area contributed by atoms with Gasteiger partial charge in [0, 0.05) is 18.5 Å². The molecule has 0 radical (unpaired) electrons. The Bertz CT molecular complexity index is 908. The predicted molar refractivity (Wildman–Crippen MR) is 107 cm³/mol. The van der Waals surface area contributed by atoms with Crippen LogP contribution in [0.25, 0.3) is 11.1 Å². The molecule has 0 bridgehead atoms. The van der Waals surface area contributed by atoms with Crippen molar-refractivity contribution in [1.29, 1.82) is 0 Å². The molecule has 0 heterocycles. The Morgan fingerprint density at radius 1 is 1.07 bits per heavy atom. The zero-order valence-electron chi connectivity index (χ0n) is 15.9. The quantitative estimate of drug-likeness (QED) is 0.626. The van der Waals surface area contributed by atoms with E-state index in [2.05, 4.69) is 22.8 Å². The second kappa shape index (κ2) is 9.05. The number of carboxylic acid groups (broad SMARTS) is 1. The number of alkyl carbamates (subject to hydrolysis) is 1. The number of ether oxygens (including phenoxy) is 1. The lowest BCUT2D eigenvalue weighted by Crippen LogP contribution is -2.37. The zero-order valence-corrected chi connectivity index (χ0v) is 15.9. The maximum atomic E-state index is 12.0. The molecule has 0 aliphatic heterocycles. The van der Waals surface area contributed by atoms with Crippen molar-refractivity contribution < 1.29 is 24.2 Å². The molecular formula is C22H22N2O5. The van der Waals surface area contributed by atoms with Gasteiger partial charge in [-0.2, -0.15) is 0 Å². The summed E-state index contributed by atoms with van der Waals surface area (Å²) >= 11 is 0. The van der Waals surface area contributed by atoms with E-state index in [0.717, 1.165) is 22.3 Å². The SMILES string of the molecule is CC(NC(=O)/C=C/CNC(=O)OCC1c2ccccc2-c2ccccc21)C(=O)O. The largest absolute Gasteiger partial charge is 0.480 e. The molecule has 3 N–H and O–H groups in total. The molecule has 0 fully saturated rings. The van der Waals surface area contributed by atoms with Crippen LogP contribution in [0.1, 0.15) is 24.0 Å². The Kier molecular flexibility index (Phi) is 6.29. The van der Waals surface area contributed by atoms with E-state index in [0.29, 0.717) is 0 Å². The molecule has 150 valence electrons. The molecule has 0 saturated carbocycles. The zero-order chi connectivity index (χ0) is 20.8. The molecule has 0 aromatic heterocycles. The summed E-state index contributed by atoms with van der Waals surface area (Å²) in [6, 6.07) is 15.2. The van der Waals surface area contributed by atoms with Crippen molar-refractivity contribution in [3.8, 4) is 11.1 Å². The first-order valence-electron chi connectivity index (χ1n) is 9.26. The molecule has 7 heteroatoms. The van der Waals surface area contributed by atoms with E-state index in [1.807, 2.05) is 36.4 Å². The normalized spacial score (nSPS) is 13.4. The monoisotopic (exact) mass is 394 g/mol. The van der Waals surface area contributed by atoms with Crippen molar-refractivity contribution in [3.05, 3.63) is 71.8 Å². The lowest BCUT2D eigenvalue weighted by molar-refractivity contribution is -0.140. The van der Waals surface area contributed by atoms with E-state index in [-0.39, 0.29) is 19.1 Å². The van der Waals surface area contributed by atoms with Crippen LogP contribution >= 0.6 is 0 Å². The molecule has 2 aromatic rings. The fourth-order valence-electron chi connectivity index (χ4n) is 3.28. The van der Waals surface area contributed by atoms with Gasteiger partial charge in [-0.15, -0.1) is 0 Å². The summed E-state index contributed by atoms with van der Waals surface area (Å²) in [7, 11) is 0. The van der Waals surface area contributed by atoms with Crippen LogP contribution in [0, 0.1) is 0 Å². The molecular weight excluding hydrogens is 372 g/mol. The summed E-state index contributed by atoms with van der Waals surface area (Å²) in [6.45, 7) is 1.66. The van der Waals surface area contributed by atoms with E-state index in [4.69, 9.17) is 9.84 Å². The van der Waals surface area contributed by atoms with Gasteiger partial charge in [-0.1, -0.05) is 54.6 Å². The molecule has 1 unspecified atom stereocenters. The number of hydrogen-bond acceptors (Lipinski definition) is 4. The number of rotatable bonds is 7. The molecule has 0 saturated heterocycles. The highest BCUT2D eigenvalue weighted by Gasteiger charge is 2.28. The third-order valence-corrected chi connectivity index (χ3v) is 4.71. The number of carboxylic acids is 1. The highest BCUT2D eigenvalue weighted by Crippen LogP contribution is 2.44. The molecule has 1 aliphatic carbocycles.